The summed E-state index contributed by atoms with van der Waals surface area (Å²) in [5.41, 5.74) is 3.95. The molecule has 0 N–H and O–H groups in total. The summed E-state index contributed by atoms with van der Waals surface area (Å²) in [5.74, 6) is 0.746. The Balaban J connectivity index is 1.55. The molecule has 0 radical (unpaired) electrons. The lowest BCUT2D eigenvalue weighted by molar-refractivity contribution is 0.0717. The topological polar surface area (TPSA) is 29.5 Å². The lowest BCUT2D eigenvalue weighted by Gasteiger charge is -2.32. The molecule has 4 aromatic rings. The first-order chi connectivity index (χ1) is 15.8. The average Bonchev–Trinajstić information content (AvgIpc) is 2.87. The molecule has 0 bridgehead atoms. The number of hydrogen-bond donors (Lipinski definition) is 0. The highest BCUT2D eigenvalue weighted by Gasteiger charge is 2.26. The van der Waals surface area contributed by atoms with Gasteiger partial charge in [-0.3, -0.25) is 4.79 Å². The predicted molar refractivity (Wildman–Crippen MR) is 129 cm³/mol. The van der Waals surface area contributed by atoms with Crippen molar-refractivity contribution in [1.82, 2.24) is 4.90 Å². The molecule has 0 aromatic heterocycles. The van der Waals surface area contributed by atoms with E-state index in [1.165, 1.54) is 0 Å². The fraction of sp³-hybridized carbons (Fsp3) is 0.138. The second-order valence-corrected chi connectivity index (χ2v) is 7.61. The van der Waals surface area contributed by atoms with Crippen molar-refractivity contribution < 1.29 is 9.53 Å². The van der Waals surface area contributed by atoms with Crippen LogP contribution in [0.5, 0.6) is 5.75 Å². The van der Waals surface area contributed by atoms with E-state index in [9.17, 15) is 4.79 Å². The van der Waals surface area contributed by atoms with Gasteiger partial charge in [-0.1, -0.05) is 91.0 Å². The number of carbonyl (C=O) groups excluding carboxylic acids is 1. The summed E-state index contributed by atoms with van der Waals surface area (Å²) >= 11 is 0. The number of ether oxygens (including phenoxy) is 1. The Morgan fingerprint density at radius 3 is 1.72 bits per heavy atom. The van der Waals surface area contributed by atoms with Crippen LogP contribution in [0.1, 0.15) is 40.0 Å². The first kappa shape index (κ1) is 21.4. The molecule has 1 amide bonds. The van der Waals surface area contributed by atoms with Crippen LogP contribution in [-0.2, 0) is 6.61 Å². The second-order valence-electron chi connectivity index (χ2n) is 7.61. The van der Waals surface area contributed by atoms with Crippen LogP contribution in [-0.4, -0.2) is 17.4 Å². The SMILES string of the molecule is CCN(C(=O)c1ccc(OCc2ccccc2)cc1)C(c1ccccc1)c1ccccc1. The fourth-order valence-electron chi connectivity index (χ4n) is 3.87. The van der Waals surface area contributed by atoms with E-state index in [-0.39, 0.29) is 11.9 Å². The predicted octanol–water partition coefficient (Wildman–Crippen LogP) is 6.52. The van der Waals surface area contributed by atoms with E-state index in [1.54, 1.807) is 0 Å². The molecule has 3 nitrogen and oxygen atoms in total. The summed E-state index contributed by atoms with van der Waals surface area (Å²) in [6.07, 6.45) is 0. The minimum absolute atomic E-state index is 0.000171. The summed E-state index contributed by atoms with van der Waals surface area (Å²) in [6.45, 7) is 3.12. The zero-order valence-electron chi connectivity index (χ0n) is 18.2. The van der Waals surface area contributed by atoms with Crippen molar-refractivity contribution in [2.45, 2.75) is 19.6 Å². The minimum atomic E-state index is -0.149. The third-order valence-electron chi connectivity index (χ3n) is 5.49. The normalized spacial score (nSPS) is 10.7. The van der Waals surface area contributed by atoms with Gasteiger partial charge in [0, 0.05) is 12.1 Å². The van der Waals surface area contributed by atoms with E-state index in [1.807, 2.05) is 103 Å². The van der Waals surface area contributed by atoms with Crippen LogP contribution in [0.15, 0.2) is 115 Å². The largest absolute Gasteiger partial charge is 0.489 e. The molecular formula is C29H27NO2. The lowest BCUT2D eigenvalue weighted by atomic mass is 9.96. The van der Waals surface area contributed by atoms with Gasteiger partial charge in [-0.25, -0.2) is 0 Å². The van der Waals surface area contributed by atoms with Gasteiger partial charge in [0.25, 0.3) is 5.91 Å². The molecule has 0 unspecified atom stereocenters. The zero-order valence-corrected chi connectivity index (χ0v) is 18.2. The summed E-state index contributed by atoms with van der Waals surface area (Å²) in [6, 6.07) is 37.7. The van der Waals surface area contributed by atoms with E-state index in [4.69, 9.17) is 4.74 Å². The van der Waals surface area contributed by atoms with Gasteiger partial charge in [0.05, 0.1) is 6.04 Å². The fourth-order valence-corrected chi connectivity index (χ4v) is 3.87. The first-order valence-electron chi connectivity index (χ1n) is 10.9. The molecule has 0 aliphatic rings. The number of amides is 1. The molecule has 32 heavy (non-hydrogen) atoms. The van der Waals surface area contributed by atoms with E-state index in [2.05, 4.69) is 24.3 Å². The van der Waals surface area contributed by atoms with Gasteiger partial charge >= 0.3 is 0 Å². The summed E-state index contributed by atoms with van der Waals surface area (Å²) in [7, 11) is 0. The maximum atomic E-state index is 13.5. The molecule has 0 heterocycles. The van der Waals surface area contributed by atoms with Crippen LogP contribution < -0.4 is 4.74 Å². The van der Waals surface area contributed by atoms with Gasteiger partial charge in [-0.05, 0) is 47.9 Å². The Labute approximate surface area is 189 Å². The third-order valence-corrected chi connectivity index (χ3v) is 5.49. The number of hydrogen-bond acceptors (Lipinski definition) is 2. The van der Waals surface area contributed by atoms with Gasteiger partial charge in [0.2, 0.25) is 0 Å². The molecule has 160 valence electrons. The molecule has 0 aliphatic carbocycles. The van der Waals surface area contributed by atoms with Crippen molar-refractivity contribution in [3.05, 3.63) is 138 Å². The molecule has 4 rings (SSSR count). The highest BCUT2D eigenvalue weighted by molar-refractivity contribution is 5.94. The number of carbonyl (C=O) groups is 1. The minimum Gasteiger partial charge on any atom is -0.489 e. The molecule has 0 spiro atoms. The van der Waals surface area contributed by atoms with E-state index >= 15 is 0 Å². The Morgan fingerprint density at radius 1 is 0.719 bits per heavy atom. The van der Waals surface area contributed by atoms with Gasteiger partial charge < -0.3 is 9.64 Å². The van der Waals surface area contributed by atoms with Crippen molar-refractivity contribution in [1.29, 1.82) is 0 Å². The Bertz CT molecular complexity index is 1070. The molecule has 3 heteroatoms. The van der Waals surface area contributed by atoms with Crippen LogP contribution in [0.25, 0.3) is 0 Å². The Kier molecular flexibility index (Phi) is 6.98. The van der Waals surface area contributed by atoms with Crippen molar-refractivity contribution in [3.8, 4) is 5.75 Å². The number of nitrogens with zero attached hydrogens (tertiary/aromatic N) is 1. The van der Waals surface area contributed by atoms with Crippen LogP contribution in [0.3, 0.4) is 0 Å². The average molecular weight is 422 g/mol. The highest BCUT2D eigenvalue weighted by Crippen LogP contribution is 2.30. The van der Waals surface area contributed by atoms with Crippen molar-refractivity contribution in [2.24, 2.45) is 0 Å². The molecule has 0 fully saturated rings. The maximum Gasteiger partial charge on any atom is 0.254 e. The monoisotopic (exact) mass is 421 g/mol. The standard InChI is InChI=1S/C29H27NO2/c1-2-30(28(24-14-8-4-9-15-24)25-16-10-5-11-17-25)29(31)26-18-20-27(21-19-26)32-22-23-12-6-3-7-13-23/h3-21,28H,2,22H2,1H3. The van der Waals surface area contributed by atoms with Gasteiger partial charge in [-0.15, -0.1) is 0 Å². The molecule has 0 atom stereocenters. The number of benzene rings is 4. The van der Waals surface area contributed by atoms with E-state index in [0.717, 1.165) is 22.4 Å². The second kappa shape index (κ2) is 10.5. The Morgan fingerprint density at radius 2 is 1.22 bits per heavy atom. The molecular weight excluding hydrogens is 394 g/mol. The van der Waals surface area contributed by atoms with E-state index < -0.39 is 0 Å². The maximum absolute atomic E-state index is 13.5. The van der Waals surface area contributed by atoms with Crippen LogP contribution >= 0.6 is 0 Å². The smallest absolute Gasteiger partial charge is 0.254 e. The highest BCUT2D eigenvalue weighted by atomic mass is 16.5. The van der Waals surface area contributed by atoms with Crippen molar-refractivity contribution in [2.75, 3.05) is 6.54 Å². The summed E-state index contributed by atoms with van der Waals surface area (Å²) in [5, 5.41) is 0. The molecule has 4 aromatic carbocycles. The first-order valence-corrected chi connectivity index (χ1v) is 10.9. The molecule has 0 saturated heterocycles. The Hall–Kier alpha value is -3.85. The lowest BCUT2D eigenvalue weighted by Crippen LogP contribution is -2.35. The summed E-state index contributed by atoms with van der Waals surface area (Å²) < 4.78 is 5.87. The van der Waals surface area contributed by atoms with Gasteiger partial charge in [0.1, 0.15) is 12.4 Å². The quantitative estimate of drug-likeness (QED) is 0.324. The van der Waals surface area contributed by atoms with Gasteiger partial charge in [-0.2, -0.15) is 0 Å². The zero-order chi connectivity index (χ0) is 22.2. The van der Waals surface area contributed by atoms with Crippen molar-refractivity contribution >= 4 is 5.91 Å². The third kappa shape index (κ3) is 5.06. The molecule has 0 aliphatic heterocycles. The van der Waals surface area contributed by atoms with Crippen LogP contribution in [0, 0.1) is 0 Å². The van der Waals surface area contributed by atoms with E-state index in [0.29, 0.717) is 18.7 Å². The van der Waals surface area contributed by atoms with Crippen LogP contribution in [0.4, 0.5) is 0 Å². The molecule has 0 saturated carbocycles. The summed E-state index contributed by atoms with van der Waals surface area (Å²) in [4.78, 5) is 15.5. The van der Waals surface area contributed by atoms with Crippen molar-refractivity contribution in [3.63, 3.8) is 0 Å². The van der Waals surface area contributed by atoms with Crippen LogP contribution in [0.2, 0.25) is 0 Å². The number of rotatable bonds is 8. The van der Waals surface area contributed by atoms with Gasteiger partial charge in [0.15, 0.2) is 0 Å².